The van der Waals surface area contributed by atoms with Crippen LogP contribution in [0.4, 0.5) is 0 Å². The molecule has 1 atom stereocenters. The molecule has 1 aromatic rings. The standard InChI is InChI=1S/C11H11NO3/c1-14-9-3-2-4-10-11(9)8(12-7-13)5-6-15-10/h2-4,8H,5-6H2,1H3. The van der Waals surface area contributed by atoms with E-state index in [0.29, 0.717) is 18.8 Å². The van der Waals surface area contributed by atoms with Gasteiger partial charge in [-0.1, -0.05) is 6.07 Å². The minimum absolute atomic E-state index is 0.192. The van der Waals surface area contributed by atoms with Crippen LogP contribution in [0.3, 0.4) is 0 Å². The van der Waals surface area contributed by atoms with Gasteiger partial charge in [0.15, 0.2) is 0 Å². The number of nitrogens with zero attached hydrogens (tertiary/aromatic N) is 1. The summed E-state index contributed by atoms with van der Waals surface area (Å²) in [5, 5.41) is 0. The van der Waals surface area contributed by atoms with Crippen molar-refractivity contribution in [2.45, 2.75) is 12.5 Å². The third-order valence-corrected chi connectivity index (χ3v) is 2.44. The maximum Gasteiger partial charge on any atom is 0.235 e. The van der Waals surface area contributed by atoms with Crippen LogP contribution in [0.5, 0.6) is 11.5 Å². The van der Waals surface area contributed by atoms with Gasteiger partial charge in [0, 0.05) is 6.42 Å². The largest absolute Gasteiger partial charge is 0.496 e. The molecule has 0 fully saturated rings. The Kier molecular flexibility index (Phi) is 2.70. The predicted molar refractivity (Wildman–Crippen MR) is 54.0 cm³/mol. The summed E-state index contributed by atoms with van der Waals surface area (Å²) in [4.78, 5) is 14.1. The third-order valence-electron chi connectivity index (χ3n) is 2.44. The second-order valence-electron chi connectivity index (χ2n) is 3.25. The predicted octanol–water partition coefficient (Wildman–Crippen LogP) is 1.85. The van der Waals surface area contributed by atoms with E-state index >= 15 is 0 Å². The minimum atomic E-state index is -0.192. The number of methoxy groups -OCH3 is 1. The fourth-order valence-electron chi connectivity index (χ4n) is 1.77. The highest BCUT2D eigenvalue weighted by Gasteiger charge is 2.24. The molecule has 1 heterocycles. The number of hydrogen-bond donors (Lipinski definition) is 0. The van der Waals surface area contributed by atoms with Crippen LogP contribution in [0.2, 0.25) is 0 Å². The topological polar surface area (TPSA) is 47.9 Å². The average molecular weight is 205 g/mol. The van der Waals surface area contributed by atoms with Crippen molar-refractivity contribution in [2.24, 2.45) is 4.99 Å². The smallest absolute Gasteiger partial charge is 0.235 e. The highest BCUT2D eigenvalue weighted by atomic mass is 16.5. The van der Waals surface area contributed by atoms with E-state index in [9.17, 15) is 4.79 Å². The van der Waals surface area contributed by atoms with E-state index in [1.54, 1.807) is 13.2 Å². The first-order chi connectivity index (χ1) is 7.36. The molecule has 1 aliphatic rings. The molecule has 0 N–H and O–H groups in total. The van der Waals surface area contributed by atoms with Crippen LogP contribution in [-0.2, 0) is 4.79 Å². The molecule has 78 valence electrons. The maximum atomic E-state index is 10.3. The van der Waals surface area contributed by atoms with E-state index in [-0.39, 0.29) is 6.04 Å². The minimum Gasteiger partial charge on any atom is -0.496 e. The molecule has 15 heavy (non-hydrogen) atoms. The van der Waals surface area contributed by atoms with Crippen LogP contribution in [0.1, 0.15) is 18.0 Å². The quantitative estimate of drug-likeness (QED) is 0.547. The summed E-state index contributed by atoms with van der Waals surface area (Å²) in [6.45, 7) is 0.565. The molecule has 0 spiro atoms. The van der Waals surface area contributed by atoms with Crippen LogP contribution >= 0.6 is 0 Å². The normalized spacial score (nSPS) is 18.3. The zero-order valence-corrected chi connectivity index (χ0v) is 8.40. The summed E-state index contributed by atoms with van der Waals surface area (Å²) in [5.41, 5.74) is 0.842. The molecule has 0 aliphatic carbocycles. The number of carbonyl (C=O) groups excluding carboxylic acids is 1. The average Bonchev–Trinajstić information content (AvgIpc) is 2.29. The van der Waals surface area contributed by atoms with Crippen molar-refractivity contribution in [3.63, 3.8) is 0 Å². The number of benzene rings is 1. The maximum absolute atomic E-state index is 10.3. The summed E-state index contributed by atoms with van der Waals surface area (Å²) in [6, 6.07) is 5.35. The van der Waals surface area contributed by atoms with Crippen LogP contribution in [-0.4, -0.2) is 19.8 Å². The SMILES string of the molecule is COc1cccc2c1C(N=C=O)CCO2. The fourth-order valence-corrected chi connectivity index (χ4v) is 1.77. The molecule has 1 aliphatic heterocycles. The van der Waals surface area contributed by atoms with Gasteiger partial charge in [-0.15, -0.1) is 0 Å². The van der Waals surface area contributed by atoms with E-state index in [1.165, 1.54) is 0 Å². The molecule has 0 bridgehead atoms. The first-order valence-corrected chi connectivity index (χ1v) is 4.73. The van der Waals surface area contributed by atoms with Gasteiger partial charge in [0.2, 0.25) is 6.08 Å². The van der Waals surface area contributed by atoms with Gasteiger partial charge < -0.3 is 9.47 Å². The second-order valence-corrected chi connectivity index (χ2v) is 3.25. The lowest BCUT2D eigenvalue weighted by molar-refractivity contribution is 0.263. The van der Waals surface area contributed by atoms with E-state index in [1.807, 2.05) is 18.2 Å². The fraction of sp³-hybridized carbons (Fsp3) is 0.364. The lowest BCUT2D eigenvalue weighted by Crippen LogP contribution is -2.13. The van der Waals surface area contributed by atoms with Crippen molar-refractivity contribution in [1.82, 2.24) is 0 Å². The van der Waals surface area contributed by atoms with Crippen LogP contribution in [0, 0.1) is 0 Å². The van der Waals surface area contributed by atoms with Gasteiger partial charge in [0.05, 0.1) is 25.3 Å². The molecule has 1 unspecified atom stereocenters. The monoisotopic (exact) mass is 205 g/mol. The Morgan fingerprint density at radius 2 is 2.47 bits per heavy atom. The Morgan fingerprint density at radius 1 is 1.60 bits per heavy atom. The summed E-state index contributed by atoms with van der Waals surface area (Å²) in [6.07, 6.45) is 2.28. The van der Waals surface area contributed by atoms with Crippen molar-refractivity contribution in [3.05, 3.63) is 23.8 Å². The van der Waals surface area contributed by atoms with E-state index in [4.69, 9.17) is 9.47 Å². The Bertz CT molecular complexity index is 396. The summed E-state index contributed by atoms with van der Waals surface area (Å²) in [7, 11) is 1.59. The lowest BCUT2D eigenvalue weighted by Gasteiger charge is -2.23. The molecule has 0 amide bonds. The molecular weight excluding hydrogens is 194 g/mol. The molecule has 4 heteroatoms. The number of aliphatic imine (C=N–C) groups is 1. The van der Waals surface area contributed by atoms with Crippen LogP contribution < -0.4 is 9.47 Å². The Hall–Kier alpha value is -1.80. The van der Waals surface area contributed by atoms with Crippen LogP contribution in [0.25, 0.3) is 0 Å². The molecule has 0 aromatic heterocycles. The third kappa shape index (κ3) is 1.72. The molecule has 0 radical (unpaired) electrons. The van der Waals surface area contributed by atoms with Gasteiger partial charge in [0.1, 0.15) is 11.5 Å². The first kappa shape index (κ1) is 9.74. The second kappa shape index (κ2) is 4.15. The zero-order valence-electron chi connectivity index (χ0n) is 8.40. The highest BCUT2D eigenvalue weighted by molar-refractivity contribution is 5.49. The van der Waals surface area contributed by atoms with Gasteiger partial charge >= 0.3 is 0 Å². The Labute approximate surface area is 87.5 Å². The number of ether oxygens (including phenoxy) is 2. The van der Waals surface area contributed by atoms with Crippen molar-refractivity contribution < 1.29 is 14.3 Å². The molecule has 2 rings (SSSR count). The number of rotatable bonds is 2. The molecular formula is C11H11NO3. The molecule has 0 saturated carbocycles. The van der Waals surface area contributed by atoms with Gasteiger partial charge in [-0.25, -0.2) is 4.79 Å². The van der Waals surface area contributed by atoms with Gasteiger partial charge in [-0.2, -0.15) is 4.99 Å². The van der Waals surface area contributed by atoms with Crippen molar-refractivity contribution in [2.75, 3.05) is 13.7 Å². The highest BCUT2D eigenvalue weighted by Crippen LogP contribution is 2.40. The van der Waals surface area contributed by atoms with Crippen molar-refractivity contribution in [1.29, 1.82) is 0 Å². The van der Waals surface area contributed by atoms with E-state index in [2.05, 4.69) is 4.99 Å². The number of hydrogen-bond acceptors (Lipinski definition) is 4. The van der Waals surface area contributed by atoms with Gasteiger partial charge in [0.25, 0.3) is 0 Å². The van der Waals surface area contributed by atoms with Gasteiger partial charge in [-0.05, 0) is 12.1 Å². The molecule has 4 nitrogen and oxygen atoms in total. The van der Waals surface area contributed by atoms with Crippen molar-refractivity contribution in [3.8, 4) is 11.5 Å². The lowest BCUT2D eigenvalue weighted by atomic mass is 10.00. The van der Waals surface area contributed by atoms with Crippen LogP contribution in [0.15, 0.2) is 23.2 Å². The number of fused-ring (bicyclic) bond motifs is 1. The van der Waals surface area contributed by atoms with E-state index in [0.717, 1.165) is 11.3 Å². The summed E-state index contributed by atoms with van der Waals surface area (Å²) >= 11 is 0. The first-order valence-electron chi connectivity index (χ1n) is 4.73. The Morgan fingerprint density at radius 3 is 3.20 bits per heavy atom. The zero-order chi connectivity index (χ0) is 10.7. The van der Waals surface area contributed by atoms with E-state index < -0.39 is 0 Å². The summed E-state index contributed by atoms with van der Waals surface area (Å²) in [5.74, 6) is 1.45. The molecule has 0 saturated heterocycles. The Balaban J connectivity index is 2.51. The van der Waals surface area contributed by atoms with Gasteiger partial charge in [-0.3, -0.25) is 0 Å². The van der Waals surface area contributed by atoms with Crippen molar-refractivity contribution >= 4 is 6.08 Å². The number of isocyanates is 1. The molecule has 1 aromatic carbocycles. The summed E-state index contributed by atoms with van der Waals surface area (Å²) < 4.78 is 10.7.